The fraction of sp³-hybridized carbons (Fsp3) is 0.0714. The van der Waals surface area contributed by atoms with Gasteiger partial charge in [-0.3, -0.25) is 14.6 Å². The fourth-order valence-corrected chi connectivity index (χ4v) is 2.39. The van der Waals surface area contributed by atoms with E-state index < -0.39 is 0 Å². The van der Waals surface area contributed by atoms with Crippen molar-refractivity contribution in [1.29, 1.82) is 0 Å². The third-order valence-corrected chi connectivity index (χ3v) is 3.18. The first kappa shape index (κ1) is 9.53. The predicted octanol–water partition coefficient (Wildman–Crippen LogP) is 2.52. The number of hydrogen-bond acceptors (Lipinski definition) is 3. The van der Waals surface area contributed by atoms with Gasteiger partial charge in [0.2, 0.25) is 0 Å². The Morgan fingerprint density at radius 2 is 2.17 bits per heavy atom. The fourth-order valence-electron chi connectivity index (χ4n) is 2.39. The number of rotatable bonds is 0. The highest BCUT2D eigenvalue weighted by Crippen LogP contribution is 2.31. The molecule has 86 valence electrons. The number of fused-ring (bicyclic) bond motifs is 5. The molecule has 0 saturated carbocycles. The summed E-state index contributed by atoms with van der Waals surface area (Å²) in [6, 6.07) is 5.96. The van der Waals surface area contributed by atoms with Gasteiger partial charge in [0.25, 0.3) is 0 Å². The van der Waals surface area contributed by atoms with Crippen LogP contribution in [0.2, 0.25) is 0 Å². The van der Waals surface area contributed by atoms with Crippen molar-refractivity contribution in [3.05, 3.63) is 48.4 Å². The van der Waals surface area contributed by atoms with Crippen LogP contribution in [0.25, 0.3) is 28.4 Å². The van der Waals surface area contributed by atoms with Crippen molar-refractivity contribution in [2.75, 3.05) is 0 Å². The highest BCUT2D eigenvalue weighted by Gasteiger charge is 2.17. The van der Waals surface area contributed by atoms with E-state index in [0.29, 0.717) is 0 Å². The van der Waals surface area contributed by atoms with Gasteiger partial charge in [-0.2, -0.15) is 5.10 Å². The lowest BCUT2D eigenvalue weighted by Gasteiger charge is -2.04. The lowest BCUT2D eigenvalue weighted by molar-refractivity contribution is 0.721. The molecule has 0 aromatic carbocycles. The van der Waals surface area contributed by atoms with Crippen LogP contribution < -0.4 is 0 Å². The standard InChI is InChI=1S/C14H10N4/c1-3-10-4-2-8-18-14(13(10)16-6-1)11-9-15-7-5-12(11)17-18/h1-7,9H,8H2. The van der Waals surface area contributed by atoms with E-state index in [1.165, 1.54) is 0 Å². The second-order valence-electron chi connectivity index (χ2n) is 4.27. The Morgan fingerprint density at radius 3 is 3.17 bits per heavy atom. The Kier molecular flexibility index (Phi) is 1.85. The average molecular weight is 234 g/mol. The first-order valence-corrected chi connectivity index (χ1v) is 5.86. The van der Waals surface area contributed by atoms with Gasteiger partial charge in [-0.1, -0.05) is 18.2 Å². The maximum absolute atomic E-state index is 4.60. The predicted molar refractivity (Wildman–Crippen MR) is 69.8 cm³/mol. The summed E-state index contributed by atoms with van der Waals surface area (Å²) in [5, 5.41) is 5.65. The topological polar surface area (TPSA) is 43.6 Å². The molecule has 18 heavy (non-hydrogen) atoms. The van der Waals surface area contributed by atoms with E-state index in [0.717, 1.165) is 34.4 Å². The van der Waals surface area contributed by atoms with Gasteiger partial charge in [0, 0.05) is 29.5 Å². The molecule has 0 N–H and O–H groups in total. The molecular formula is C14H10N4. The van der Waals surface area contributed by atoms with Crippen LogP contribution in [-0.2, 0) is 6.54 Å². The Bertz CT molecular complexity index is 770. The monoisotopic (exact) mass is 234 g/mol. The zero-order chi connectivity index (χ0) is 11.9. The van der Waals surface area contributed by atoms with Crippen LogP contribution in [0.3, 0.4) is 0 Å². The van der Waals surface area contributed by atoms with E-state index in [4.69, 9.17) is 0 Å². The Balaban J connectivity index is 2.16. The molecule has 4 rings (SSSR count). The molecule has 0 spiro atoms. The lowest BCUT2D eigenvalue weighted by Crippen LogP contribution is -1.99. The minimum Gasteiger partial charge on any atom is -0.264 e. The molecule has 4 heteroatoms. The molecule has 4 heterocycles. The molecule has 0 amide bonds. The molecule has 0 bridgehead atoms. The van der Waals surface area contributed by atoms with Gasteiger partial charge in [-0.05, 0) is 12.1 Å². The van der Waals surface area contributed by atoms with Crippen molar-refractivity contribution in [3.8, 4) is 11.4 Å². The van der Waals surface area contributed by atoms with Gasteiger partial charge in [0.05, 0.1) is 23.4 Å². The molecule has 1 aliphatic rings. The summed E-state index contributed by atoms with van der Waals surface area (Å²) in [5.41, 5.74) is 4.12. The van der Waals surface area contributed by atoms with Gasteiger partial charge < -0.3 is 0 Å². The minimum absolute atomic E-state index is 0.764. The summed E-state index contributed by atoms with van der Waals surface area (Å²) >= 11 is 0. The van der Waals surface area contributed by atoms with Crippen molar-refractivity contribution < 1.29 is 0 Å². The van der Waals surface area contributed by atoms with Crippen molar-refractivity contribution in [2.45, 2.75) is 6.54 Å². The number of allylic oxidation sites excluding steroid dienone is 1. The van der Waals surface area contributed by atoms with Crippen molar-refractivity contribution in [1.82, 2.24) is 19.7 Å². The number of nitrogens with zero attached hydrogens (tertiary/aromatic N) is 4. The molecule has 1 aliphatic heterocycles. The summed E-state index contributed by atoms with van der Waals surface area (Å²) in [4.78, 5) is 8.70. The molecule has 0 aliphatic carbocycles. The first-order valence-electron chi connectivity index (χ1n) is 5.86. The summed E-state index contributed by atoms with van der Waals surface area (Å²) < 4.78 is 1.99. The SMILES string of the molecule is C1=Cc2cccnc2-c2c3cnccc3nn2C1. The molecule has 0 unspecified atom stereocenters. The van der Waals surface area contributed by atoms with Gasteiger partial charge in [0.15, 0.2) is 0 Å². The third-order valence-electron chi connectivity index (χ3n) is 3.18. The smallest absolute Gasteiger partial charge is 0.0970 e. The van der Waals surface area contributed by atoms with Crippen molar-refractivity contribution in [3.63, 3.8) is 0 Å². The molecule has 0 radical (unpaired) electrons. The van der Waals surface area contributed by atoms with Crippen molar-refractivity contribution in [2.24, 2.45) is 0 Å². The van der Waals surface area contributed by atoms with Crippen LogP contribution in [0.1, 0.15) is 5.56 Å². The maximum atomic E-state index is 4.60. The van der Waals surface area contributed by atoms with E-state index >= 15 is 0 Å². The zero-order valence-electron chi connectivity index (χ0n) is 9.61. The molecule has 3 aromatic rings. The molecular weight excluding hydrogens is 224 g/mol. The highest BCUT2D eigenvalue weighted by molar-refractivity contribution is 5.94. The summed E-state index contributed by atoms with van der Waals surface area (Å²) in [5.74, 6) is 0. The van der Waals surface area contributed by atoms with E-state index in [1.807, 2.05) is 29.2 Å². The molecule has 4 nitrogen and oxygen atoms in total. The summed E-state index contributed by atoms with van der Waals surface area (Å²) in [6.45, 7) is 0.764. The lowest BCUT2D eigenvalue weighted by atomic mass is 10.1. The minimum atomic E-state index is 0.764. The van der Waals surface area contributed by atoms with Crippen molar-refractivity contribution >= 4 is 17.0 Å². The largest absolute Gasteiger partial charge is 0.264 e. The molecule has 0 atom stereocenters. The zero-order valence-corrected chi connectivity index (χ0v) is 9.61. The van der Waals surface area contributed by atoms with E-state index in [2.05, 4.69) is 33.3 Å². The number of pyridine rings is 2. The number of hydrogen-bond donors (Lipinski definition) is 0. The van der Waals surface area contributed by atoms with Gasteiger partial charge in [-0.25, -0.2) is 0 Å². The van der Waals surface area contributed by atoms with Gasteiger partial charge >= 0.3 is 0 Å². The van der Waals surface area contributed by atoms with Crippen LogP contribution in [-0.4, -0.2) is 19.7 Å². The van der Waals surface area contributed by atoms with Gasteiger partial charge in [0.1, 0.15) is 0 Å². The van der Waals surface area contributed by atoms with Crippen LogP contribution in [0.5, 0.6) is 0 Å². The number of aromatic nitrogens is 4. The van der Waals surface area contributed by atoms with Crippen LogP contribution in [0.4, 0.5) is 0 Å². The van der Waals surface area contributed by atoms with Crippen LogP contribution in [0.15, 0.2) is 42.9 Å². The quantitative estimate of drug-likeness (QED) is 0.600. The molecule has 3 aromatic heterocycles. The van der Waals surface area contributed by atoms with Gasteiger partial charge in [-0.15, -0.1) is 0 Å². The highest BCUT2D eigenvalue weighted by atomic mass is 15.3. The normalized spacial score (nSPS) is 13.1. The Morgan fingerprint density at radius 1 is 1.17 bits per heavy atom. The van der Waals surface area contributed by atoms with E-state index in [9.17, 15) is 0 Å². The summed E-state index contributed by atoms with van der Waals surface area (Å²) in [7, 11) is 0. The Labute approximate surface area is 104 Å². The third kappa shape index (κ3) is 1.23. The second kappa shape index (κ2) is 3.50. The second-order valence-corrected chi connectivity index (χ2v) is 4.27. The first-order chi connectivity index (χ1) is 8.93. The molecule has 0 fully saturated rings. The molecule has 0 saturated heterocycles. The summed E-state index contributed by atoms with van der Waals surface area (Å²) in [6.07, 6.45) is 9.65. The maximum Gasteiger partial charge on any atom is 0.0970 e. The Hall–Kier alpha value is -2.49. The van der Waals surface area contributed by atoms with Crippen LogP contribution in [0, 0.1) is 0 Å². The van der Waals surface area contributed by atoms with E-state index in [1.54, 1.807) is 6.20 Å². The average Bonchev–Trinajstić information content (AvgIpc) is 2.68. The van der Waals surface area contributed by atoms with E-state index in [-0.39, 0.29) is 0 Å². The van der Waals surface area contributed by atoms with Crippen LogP contribution >= 0.6 is 0 Å².